The van der Waals surface area contributed by atoms with Crippen LogP contribution in [0.3, 0.4) is 0 Å². The van der Waals surface area contributed by atoms with E-state index in [1.807, 2.05) is 0 Å². The fourth-order valence-electron chi connectivity index (χ4n) is 7.46. The molecule has 0 saturated heterocycles. The molecule has 0 nitrogen and oxygen atoms in total. The van der Waals surface area contributed by atoms with E-state index in [0.717, 1.165) is 0 Å². The van der Waals surface area contributed by atoms with Crippen molar-refractivity contribution in [2.24, 2.45) is 0 Å². The van der Waals surface area contributed by atoms with Gasteiger partial charge < -0.3 is 0 Å². The van der Waals surface area contributed by atoms with Crippen molar-refractivity contribution in [1.29, 1.82) is 0 Å². The first-order valence-electron chi connectivity index (χ1n) is 16.0. The summed E-state index contributed by atoms with van der Waals surface area (Å²) < 4.78 is 0. The highest BCUT2D eigenvalue weighted by atomic mass is 14.4. The minimum atomic E-state index is -0.104. The SMILES string of the molecule is CC1=CC(c2c(C(C)(C)C)c(=C(c3ccccc3)c3ccccc3)cc3c2=Cc2cc(C(C)(C)C)ccc2-3)c2ccccc21. The van der Waals surface area contributed by atoms with E-state index in [9.17, 15) is 0 Å². The molecular formula is C44H42. The van der Waals surface area contributed by atoms with Crippen molar-refractivity contribution >= 4 is 17.2 Å². The van der Waals surface area contributed by atoms with E-state index in [4.69, 9.17) is 0 Å². The van der Waals surface area contributed by atoms with Gasteiger partial charge in [-0.3, -0.25) is 0 Å². The van der Waals surface area contributed by atoms with E-state index in [1.54, 1.807) is 0 Å². The zero-order valence-electron chi connectivity index (χ0n) is 27.1. The summed E-state index contributed by atoms with van der Waals surface area (Å²) in [6.45, 7) is 16.4. The standard InChI is InChI=1S/C44H42/c1-28-24-37(35-21-15-14-20-33(28)35)41-38-26-31-25-32(43(2,3)4)22-23-34(31)36(38)27-39(42(41)44(5,6)7)40(29-16-10-8-11-17-29)30-18-12-9-13-19-30/h8-27,37H,1-7H3. The van der Waals surface area contributed by atoms with E-state index < -0.39 is 0 Å². The second-order valence-corrected chi connectivity index (χ2v) is 14.6. The first-order chi connectivity index (χ1) is 21.0. The average molecular weight is 571 g/mol. The molecule has 0 bridgehead atoms. The van der Waals surface area contributed by atoms with Gasteiger partial charge >= 0.3 is 0 Å². The maximum atomic E-state index is 2.52. The molecule has 0 radical (unpaired) electrons. The van der Waals surface area contributed by atoms with Gasteiger partial charge in [-0.05, 0) is 107 Å². The maximum Gasteiger partial charge on any atom is 0.0290 e. The Hall–Kier alpha value is -4.42. The van der Waals surface area contributed by atoms with E-state index in [2.05, 4.69) is 170 Å². The zero-order chi connectivity index (χ0) is 30.8. The average Bonchev–Trinajstić information content (AvgIpc) is 3.54. The lowest BCUT2D eigenvalue weighted by Crippen LogP contribution is -2.33. The van der Waals surface area contributed by atoms with Crippen LogP contribution in [0.15, 0.2) is 115 Å². The quantitative estimate of drug-likeness (QED) is 0.199. The van der Waals surface area contributed by atoms with Crippen LogP contribution in [0.4, 0.5) is 0 Å². The molecule has 0 heteroatoms. The molecule has 1 atom stereocenters. The Kier molecular flexibility index (Phi) is 6.67. The normalized spacial score (nSPS) is 15.2. The molecule has 0 fully saturated rings. The van der Waals surface area contributed by atoms with Crippen molar-refractivity contribution < 1.29 is 0 Å². The fourth-order valence-corrected chi connectivity index (χ4v) is 7.46. The Morgan fingerprint density at radius 1 is 0.591 bits per heavy atom. The summed E-state index contributed by atoms with van der Waals surface area (Å²) in [6.07, 6.45) is 5.00. The Morgan fingerprint density at radius 3 is 1.82 bits per heavy atom. The molecular weight excluding hydrogens is 528 g/mol. The Morgan fingerprint density at radius 2 is 1.20 bits per heavy atom. The Bertz CT molecular complexity index is 2020. The van der Waals surface area contributed by atoms with Crippen molar-refractivity contribution in [3.63, 3.8) is 0 Å². The molecule has 0 N–H and O–H groups in total. The van der Waals surface area contributed by atoms with Crippen LogP contribution in [0.1, 0.15) is 98.9 Å². The number of fused-ring (bicyclic) bond motifs is 4. The highest BCUT2D eigenvalue weighted by Crippen LogP contribution is 2.43. The number of rotatable bonds is 3. The molecule has 218 valence electrons. The molecule has 0 heterocycles. The first-order valence-corrected chi connectivity index (χ1v) is 16.0. The van der Waals surface area contributed by atoms with Crippen molar-refractivity contribution in [2.45, 2.75) is 65.2 Å². The van der Waals surface area contributed by atoms with Gasteiger partial charge in [0.2, 0.25) is 0 Å². The summed E-state index contributed by atoms with van der Waals surface area (Å²) in [4.78, 5) is 0. The Balaban J connectivity index is 1.70. The second kappa shape index (κ2) is 10.3. The van der Waals surface area contributed by atoms with Crippen LogP contribution in [0.5, 0.6) is 0 Å². The van der Waals surface area contributed by atoms with Gasteiger partial charge in [-0.2, -0.15) is 0 Å². The van der Waals surface area contributed by atoms with E-state index in [0.29, 0.717) is 0 Å². The van der Waals surface area contributed by atoms with Gasteiger partial charge in [0.1, 0.15) is 0 Å². The minimum absolute atomic E-state index is 0.0913. The third-order valence-corrected chi connectivity index (χ3v) is 9.51. The molecule has 0 amide bonds. The summed E-state index contributed by atoms with van der Waals surface area (Å²) in [6, 6.07) is 40.7. The van der Waals surface area contributed by atoms with Gasteiger partial charge in [-0.25, -0.2) is 0 Å². The number of hydrogen-bond acceptors (Lipinski definition) is 0. The van der Waals surface area contributed by atoms with Crippen molar-refractivity contribution in [1.82, 2.24) is 0 Å². The number of allylic oxidation sites excluding steroid dienone is 2. The highest BCUT2D eigenvalue weighted by molar-refractivity contribution is 5.88. The molecule has 7 rings (SSSR count). The minimum Gasteiger partial charge on any atom is -0.0690 e. The van der Waals surface area contributed by atoms with Crippen LogP contribution < -0.4 is 10.4 Å². The highest BCUT2D eigenvalue weighted by Gasteiger charge is 2.33. The summed E-state index contributed by atoms with van der Waals surface area (Å²) in [5.41, 5.74) is 16.2. The van der Waals surface area contributed by atoms with Gasteiger partial charge in [-0.1, -0.05) is 151 Å². The smallest absolute Gasteiger partial charge is 0.0290 e. The summed E-state index contributed by atoms with van der Waals surface area (Å²) >= 11 is 0. The van der Waals surface area contributed by atoms with Crippen molar-refractivity contribution in [3.8, 4) is 11.1 Å². The zero-order valence-corrected chi connectivity index (χ0v) is 27.1. The van der Waals surface area contributed by atoms with E-state index in [-0.39, 0.29) is 16.7 Å². The monoisotopic (exact) mass is 570 g/mol. The second-order valence-electron chi connectivity index (χ2n) is 14.6. The van der Waals surface area contributed by atoms with Crippen LogP contribution in [-0.4, -0.2) is 0 Å². The largest absolute Gasteiger partial charge is 0.0690 e. The van der Waals surface area contributed by atoms with Crippen LogP contribution in [0, 0.1) is 0 Å². The summed E-state index contributed by atoms with van der Waals surface area (Å²) in [5.74, 6) is 0.189. The van der Waals surface area contributed by atoms with Crippen LogP contribution in [0.25, 0.3) is 28.3 Å². The van der Waals surface area contributed by atoms with Gasteiger partial charge in [0.25, 0.3) is 0 Å². The molecule has 0 aliphatic heterocycles. The summed E-state index contributed by atoms with van der Waals surface area (Å²) in [5, 5.41) is 2.71. The molecule has 5 aromatic rings. The van der Waals surface area contributed by atoms with Crippen LogP contribution in [0.2, 0.25) is 0 Å². The predicted octanol–water partition coefficient (Wildman–Crippen LogP) is 9.89. The van der Waals surface area contributed by atoms with Gasteiger partial charge in [0.15, 0.2) is 0 Å². The molecule has 44 heavy (non-hydrogen) atoms. The van der Waals surface area contributed by atoms with Crippen LogP contribution >= 0.6 is 0 Å². The molecule has 2 aliphatic rings. The first kappa shape index (κ1) is 28.4. The third-order valence-electron chi connectivity index (χ3n) is 9.51. The lowest BCUT2D eigenvalue weighted by atomic mass is 9.74. The van der Waals surface area contributed by atoms with Gasteiger partial charge in [0.05, 0.1) is 0 Å². The third kappa shape index (κ3) is 4.69. The lowest BCUT2D eigenvalue weighted by Gasteiger charge is -2.29. The molecule has 1 unspecified atom stereocenters. The van der Waals surface area contributed by atoms with Crippen molar-refractivity contribution in [3.05, 3.63) is 170 Å². The van der Waals surface area contributed by atoms with E-state index >= 15 is 0 Å². The molecule has 0 saturated carbocycles. The lowest BCUT2D eigenvalue weighted by molar-refractivity contribution is 0.576. The van der Waals surface area contributed by atoms with E-state index in [1.165, 1.54) is 77.2 Å². The topological polar surface area (TPSA) is 0 Å². The maximum absolute atomic E-state index is 2.52. The molecule has 0 spiro atoms. The molecule has 5 aromatic carbocycles. The van der Waals surface area contributed by atoms with Gasteiger partial charge in [0, 0.05) is 5.92 Å². The predicted molar refractivity (Wildman–Crippen MR) is 189 cm³/mol. The summed E-state index contributed by atoms with van der Waals surface area (Å²) in [7, 11) is 0. The fraction of sp³-hybridized carbons (Fsp3) is 0.227. The molecule has 2 aliphatic carbocycles. The Labute approximate surface area is 263 Å². The number of hydrogen-bond donors (Lipinski definition) is 0. The molecule has 0 aromatic heterocycles. The van der Waals surface area contributed by atoms with Crippen LogP contribution in [-0.2, 0) is 10.8 Å². The van der Waals surface area contributed by atoms with Gasteiger partial charge in [-0.15, -0.1) is 0 Å². The van der Waals surface area contributed by atoms with Crippen molar-refractivity contribution in [2.75, 3.05) is 0 Å². The number of benzene rings is 5.